The number of aromatic nitrogens is 2. The number of fused-ring (bicyclic) bond motifs is 4. The lowest BCUT2D eigenvalue weighted by Crippen LogP contribution is -2.22. The molecule has 0 radical (unpaired) electrons. The highest BCUT2D eigenvalue weighted by Gasteiger charge is 2.35. The number of phenolic OH excluding ortho intramolecular Hbond substituents is 3. The molecular weight excluding hydrogens is 468 g/mol. The van der Waals surface area contributed by atoms with Gasteiger partial charge in [0.2, 0.25) is 11.2 Å². The zero-order valence-corrected chi connectivity index (χ0v) is 18.3. The van der Waals surface area contributed by atoms with Gasteiger partial charge < -0.3 is 29.6 Å². The fraction of sp³-hybridized carbons (Fsp3) is 0.0769. The third-order valence-electron chi connectivity index (χ3n) is 6.21. The minimum Gasteiger partial charge on any atom is -0.507 e. The summed E-state index contributed by atoms with van der Waals surface area (Å²) in [4.78, 5) is 34.5. The van der Waals surface area contributed by atoms with Crippen LogP contribution in [-0.4, -0.2) is 36.4 Å². The summed E-state index contributed by atoms with van der Waals surface area (Å²) in [6, 6.07) is 10.1. The Bertz CT molecular complexity index is 1790. The quantitative estimate of drug-likeness (QED) is 0.165. The summed E-state index contributed by atoms with van der Waals surface area (Å²) in [7, 11) is 0. The first-order valence-electron chi connectivity index (χ1n) is 10.8. The smallest absolute Gasteiger partial charge is 0.312 e. The summed E-state index contributed by atoms with van der Waals surface area (Å²) >= 11 is 0. The van der Waals surface area contributed by atoms with Gasteiger partial charge in [-0.05, 0) is 29.8 Å². The van der Waals surface area contributed by atoms with E-state index in [1.807, 2.05) is 0 Å². The summed E-state index contributed by atoms with van der Waals surface area (Å²) in [6.45, 7) is 0. The van der Waals surface area contributed by atoms with Crippen LogP contribution < -0.4 is 10.2 Å². The number of ether oxygens (including phenoxy) is 1. The Hall–Kier alpha value is -5.12. The van der Waals surface area contributed by atoms with Gasteiger partial charge in [0.05, 0.1) is 17.5 Å². The van der Waals surface area contributed by atoms with Crippen LogP contribution in [0.25, 0.3) is 33.3 Å². The zero-order chi connectivity index (χ0) is 25.1. The third-order valence-corrected chi connectivity index (χ3v) is 6.21. The molecule has 0 spiro atoms. The van der Waals surface area contributed by atoms with Crippen molar-refractivity contribution in [3.05, 3.63) is 76.2 Å². The van der Waals surface area contributed by atoms with Crippen LogP contribution in [0.5, 0.6) is 28.7 Å². The molecule has 36 heavy (non-hydrogen) atoms. The summed E-state index contributed by atoms with van der Waals surface area (Å²) < 4.78 is 11.4. The molecule has 2 aromatic heterocycles. The first-order valence-corrected chi connectivity index (χ1v) is 10.8. The second-order valence-corrected chi connectivity index (χ2v) is 8.33. The van der Waals surface area contributed by atoms with Crippen molar-refractivity contribution in [3.8, 4) is 40.1 Å². The Morgan fingerprint density at radius 2 is 1.69 bits per heavy atom. The fourth-order valence-corrected chi connectivity index (χ4v) is 4.60. The largest absolute Gasteiger partial charge is 0.507 e. The van der Waals surface area contributed by atoms with Crippen molar-refractivity contribution in [2.24, 2.45) is 0 Å². The molecule has 0 fully saturated rings. The van der Waals surface area contributed by atoms with Crippen molar-refractivity contribution in [3.63, 3.8) is 0 Å². The van der Waals surface area contributed by atoms with E-state index in [1.54, 1.807) is 24.4 Å². The van der Waals surface area contributed by atoms with Crippen LogP contribution in [0.4, 0.5) is 0 Å². The summed E-state index contributed by atoms with van der Waals surface area (Å²) in [5.41, 5.74) is 1.14. The Labute approximate surface area is 201 Å². The molecule has 0 bridgehead atoms. The van der Waals surface area contributed by atoms with Gasteiger partial charge in [0.1, 0.15) is 22.5 Å². The van der Waals surface area contributed by atoms with Crippen LogP contribution >= 0.6 is 0 Å². The number of benzene rings is 3. The number of hydrogen-bond acceptors (Lipinski definition) is 10. The van der Waals surface area contributed by atoms with E-state index in [-0.39, 0.29) is 34.5 Å². The Kier molecular flexibility index (Phi) is 4.58. The minimum atomic E-state index is -0.924. The van der Waals surface area contributed by atoms with E-state index < -0.39 is 40.3 Å². The molecule has 0 aliphatic carbocycles. The molecule has 1 aliphatic heterocycles. The second kappa shape index (κ2) is 7.70. The van der Waals surface area contributed by atoms with Crippen molar-refractivity contribution in [2.75, 3.05) is 0 Å². The average Bonchev–Trinajstić information content (AvgIpc) is 2.86. The number of carbonyl (C=O) groups is 1. The highest BCUT2D eigenvalue weighted by molar-refractivity contribution is 5.95. The minimum absolute atomic E-state index is 0.00418. The maximum atomic E-state index is 13.2. The predicted octanol–water partition coefficient (Wildman–Crippen LogP) is 3.67. The molecule has 1 aliphatic rings. The molecule has 1 atom stereocenters. The van der Waals surface area contributed by atoms with Gasteiger partial charge in [0, 0.05) is 35.5 Å². The molecule has 0 saturated carbocycles. The molecule has 0 saturated heterocycles. The lowest BCUT2D eigenvalue weighted by Gasteiger charge is -2.26. The normalized spacial score (nSPS) is 15.1. The number of esters is 1. The Morgan fingerprint density at radius 3 is 2.50 bits per heavy atom. The van der Waals surface area contributed by atoms with Gasteiger partial charge in [-0.2, -0.15) is 0 Å². The van der Waals surface area contributed by atoms with Crippen molar-refractivity contribution in [1.29, 1.82) is 0 Å². The molecule has 3 heterocycles. The van der Waals surface area contributed by atoms with E-state index in [0.29, 0.717) is 22.2 Å². The van der Waals surface area contributed by atoms with Crippen molar-refractivity contribution in [1.82, 2.24) is 9.97 Å². The maximum Gasteiger partial charge on any atom is 0.312 e. The van der Waals surface area contributed by atoms with E-state index in [0.717, 1.165) is 12.1 Å². The number of hydrogen-bond donors (Lipinski definition) is 4. The highest BCUT2D eigenvalue weighted by atomic mass is 16.5. The topological polar surface area (TPSA) is 163 Å². The molecule has 178 valence electrons. The van der Waals surface area contributed by atoms with E-state index in [4.69, 9.17) is 9.15 Å². The van der Waals surface area contributed by atoms with Gasteiger partial charge in [-0.3, -0.25) is 19.6 Å². The lowest BCUT2D eigenvalue weighted by molar-refractivity contribution is -0.135. The zero-order valence-electron chi connectivity index (χ0n) is 18.3. The van der Waals surface area contributed by atoms with E-state index in [2.05, 4.69) is 9.97 Å². The molecule has 10 nitrogen and oxygen atoms in total. The van der Waals surface area contributed by atoms with Crippen LogP contribution in [0.3, 0.4) is 0 Å². The fourth-order valence-electron chi connectivity index (χ4n) is 4.60. The molecule has 5 aromatic rings. The van der Waals surface area contributed by atoms with Crippen LogP contribution in [0.2, 0.25) is 0 Å². The number of carbonyl (C=O) groups excluding carboxylic acids is 1. The second-order valence-electron chi connectivity index (χ2n) is 8.33. The number of rotatable bonds is 2. The first kappa shape index (κ1) is 21.4. The van der Waals surface area contributed by atoms with Crippen LogP contribution in [0, 0.1) is 0 Å². The van der Waals surface area contributed by atoms with Gasteiger partial charge >= 0.3 is 5.97 Å². The predicted molar refractivity (Wildman–Crippen MR) is 126 cm³/mol. The Balaban J connectivity index is 1.71. The van der Waals surface area contributed by atoms with Crippen molar-refractivity contribution >= 4 is 28.0 Å². The number of aromatic hydroxyl groups is 4. The first-order chi connectivity index (χ1) is 17.3. The highest BCUT2D eigenvalue weighted by Crippen LogP contribution is 2.48. The van der Waals surface area contributed by atoms with Crippen molar-refractivity contribution < 1.29 is 34.4 Å². The van der Waals surface area contributed by atoms with Gasteiger partial charge in [-0.15, -0.1) is 0 Å². The molecule has 3 aromatic carbocycles. The van der Waals surface area contributed by atoms with Gasteiger partial charge in [0.25, 0.3) is 0 Å². The molecule has 0 amide bonds. The average molecular weight is 484 g/mol. The van der Waals surface area contributed by atoms with Crippen LogP contribution in [0.1, 0.15) is 23.5 Å². The number of phenols is 3. The van der Waals surface area contributed by atoms with E-state index in [1.165, 1.54) is 18.3 Å². The van der Waals surface area contributed by atoms with Crippen LogP contribution in [-0.2, 0) is 4.79 Å². The van der Waals surface area contributed by atoms with Gasteiger partial charge in [-0.25, -0.2) is 0 Å². The Morgan fingerprint density at radius 1 is 0.889 bits per heavy atom. The van der Waals surface area contributed by atoms with E-state index >= 15 is 0 Å². The van der Waals surface area contributed by atoms with Gasteiger partial charge in [-0.1, -0.05) is 12.1 Å². The third kappa shape index (κ3) is 3.12. The molecule has 4 N–H and O–H groups in total. The van der Waals surface area contributed by atoms with Crippen LogP contribution in [0.15, 0.2) is 64.1 Å². The summed E-state index contributed by atoms with van der Waals surface area (Å²) in [6.07, 6.45) is 2.96. The van der Waals surface area contributed by atoms with Crippen molar-refractivity contribution in [2.45, 2.75) is 12.3 Å². The standard InChI is InChI=1S/C26H16N2O8/c29-15-5-4-11(8-16(15)30)25-24(34)23(33)21-17(31)10-18-20(26(21)36-25)13(9-19(32)35-18)12-2-1-3-14-22(12)28-7-6-27-14/h1-8,10,13,29-31,34H,9H2/t13-/m1/s1. The number of nitrogens with zero attached hydrogens (tertiary/aromatic N) is 2. The molecule has 6 rings (SSSR count). The van der Waals surface area contributed by atoms with Gasteiger partial charge in [0.15, 0.2) is 17.3 Å². The van der Waals surface area contributed by atoms with E-state index in [9.17, 15) is 30.0 Å². The molecule has 10 heteroatoms. The number of para-hydroxylation sites is 1. The lowest BCUT2D eigenvalue weighted by atomic mass is 9.84. The maximum absolute atomic E-state index is 13.2. The monoisotopic (exact) mass is 484 g/mol. The SMILES string of the molecule is O=C1C[C@H](c2cccc3nccnc23)c2c(cc(O)c3c(=O)c(O)c(-c4ccc(O)c(O)c4)oc23)O1. The molecular formula is C26H16N2O8. The summed E-state index contributed by atoms with van der Waals surface area (Å²) in [5.74, 6) is -3.79. The molecule has 0 unspecified atom stereocenters. The summed E-state index contributed by atoms with van der Waals surface area (Å²) in [5, 5.41) is 40.6.